The van der Waals surface area contributed by atoms with E-state index in [1.807, 2.05) is 0 Å². The van der Waals surface area contributed by atoms with E-state index in [9.17, 15) is 0 Å². The average molecular weight is 273 g/mol. The van der Waals surface area contributed by atoms with Gasteiger partial charge in [0.15, 0.2) is 0 Å². The molecule has 0 heteroatoms. The van der Waals surface area contributed by atoms with E-state index < -0.39 is 0 Å². The Morgan fingerprint density at radius 1 is 0.714 bits per heavy atom. The number of allylic oxidation sites excluding steroid dienone is 5. The van der Waals surface area contributed by atoms with Crippen molar-refractivity contribution < 1.29 is 0 Å². The van der Waals surface area contributed by atoms with Crippen LogP contribution >= 0.6 is 0 Å². The molecule has 1 aromatic carbocycles. The van der Waals surface area contributed by atoms with Crippen LogP contribution in [0.4, 0.5) is 0 Å². The molecule has 0 saturated heterocycles. The van der Waals surface area contributed by atoms with Crippen LogP contribution in [-0.4, -0.2) is 0 Å². The Bertz CT molecular complexity index is 712. The lowest BCUT2D eigenvalue weighted by Gasteiger charge is -2.29. The van der Waals surface area contributed by atoms with Gasteiger partial charge in [-0.15, -0.1) is 0 Å². The van der Waals surface area contributed by atoms with E-state index >= 15 is 0 Å². The minimum Gasteiger partial charge on any atom is -0.0615 e. The molecule has 0 aromatic heterocycles. The topological polar surface area (TPSA) is 0 Å². The monoisotopic (exact) mass is 273 g/mol. The molecular weight excluding hydrogens is 252 g/mol. The minimum absolute atomic E-state index is 1.28. The second-order valence-electron chi connectivity index (χ2n) is 6.89. The summed E-state index contributed by atoms with van der Waals surface area (Å²) in [5, 5.41) is 0. The van der Waals surface area contributed by atoms with Crippen LogP contribution in [0.5, 0.6) is 0 Å². The lowest BCUT2D eigenvalue weighted by Crippen LogP contribution is -2.12. The Kier molecular flexibility index (Phi) is 2.56. The molecule has 1 radical (unpaired) electrons. The lowest BCUT2D eigenvalue weighted by molar-refractivity contribution is 0.638. The van der Waals surface area contributed by atoms with Gasteiger partial charge >= 0.3 is 0 Å². The summed E-state index contributed by atoms with van der Waals surface area (Å²) >= 11 is 0. The van der Waals surface area contributed by atoms with Crippen molar-refractivity contribution in [1.82, 2.24) is 0 Å². The van der Waals surface area contributed by atoms with Crippen molar-refractivity contribution in [3.63, 3.8) is 0 Å². The summed E-state index contributed by atoms with van der Waals surface area (Å²) in [5.74, 6) is 1.65. The van der Waals surface area contributed by atoms with E-state index in [2.05, 4.69) is 30.4 Å². The van der Waals surface area contributed by atoms with Gasteiger partial charge in [-0.3, -0.25) is 0 Å². The maximum atomic E-state index is 2.53. The molecule has 0 atom stereocenters. The van der Waals surface area contributed by atoms with E-state index in [1.54, 1.807) is 33.8 Å². The first-order valence-corrected chi connectivity index (χ1v) is 8.56. The quantitative estimate of drug-likeness (QED) is 0.591. The molecule has 21 heavy (non-hydrogen) atoms. The first-order valence-electron chi connectivity index (χ1n) is 8.56. The number of hydrogen-bond acceptors (Lipinski definition) is 0. The van der Waals surface area contributed by atoms with Crippen LogP contribution in [-0.2, 0) is 12.8 Å². The molecule has 0 unspecified atom stereocenters. The summed E-state index contributed by atoms with van der Waals surface area (Å²) in [6, 6.07) is 4.78. The molecule has 0 spiro atoms. The Morgan fingerprint density at radius 2 is 1.57 bits per heavy atom. The van der Waals surface area contributed by atoms with Crippen molar-refractivity contribution >= 4 is 11.6 Å². The van der Waals surface area contributed by atoms with Crippen molar-refractivity contribution in [3.05, 3.63) is 63.6 Å². The number of aryl methyl sites for hydroxylation is 1. The molecule has 105 valence electrons. The van der Waals surface area contributed by atoms with Gasteiger partial charge in [-0.2, -0.15) is 0 Å². The second kappa shape index (κ2) is 4.47. The molecule has 1 fully saturated rings. The third-order valence-corrected chi connectivity index (χ3v) is 5.73. The third-order valence-electron chi connectivity index (χ3n) is 5.73. The molecule has 0 bridgehead atoms. The Hall–Kier alpha value is -1.56. The largest absolute Gasteiger partial charge is 0.0615 e. The summed E-state index contributed by atoms with van der Waals surface area (Å²) in [7, 11) is 0. The lowest BCUT2D eigenvalue weighted by atomic mass is 9.74. The van der Waals surface area contributed by atoms with Gasteiger partial charge < -0.3 is 0 Å². The Balaban J connectivity index is 1.68. The number of benzene rings is 1. The summed E-state index contributed by atoms with van der Waals surface area (Å²) in [5.41, 5.74) is 11.0. The smallest absolute Gasteiger partial charge is 0.0305 e. The van der Waals surface area contributed by atoms with Gasteiger partial charge in [0.05, 0.1) is 0 Å². The molecule has 0 nitrogen and oxygen atoms in total. The van der Waals surface area contributed by atoms with Crippen LogP contribution in [0.1, 0.15) is 60.8 Å². The molecular formula is C21H21. The van der Waals surface area contributed by atoms with Gasteiger partial charge in [0.25, 0.3) is 0 Å². The van der Waals surface area contributed by atoms with Crippen LogP contribution in [0.2, 0.25) is 0 Å². The average Bonchev–Trinajstić information content (AvgIpc) is 2.94. The zero-order chi connectivity index (χ0) is 13.8. The van der Waals surface area contributed by atoms with Gasteiger partial charge in [0, 0.05) is 5.92 Å². The highest BCUT2D eigenvalue weighted by Gasteiger charge is 2.33. The van der Waals surface area contributed by atoms with Crippen molar-refractivity contribution in [2.75, 3.05) is 0 Å². The van der Waals surface area contributed by atoms with Crippen molar-refractivity contribution in [1.29, 1.82) is 0 Å². The number of rotatable bonds is 0. The summed E-state index contributed by atoms with van der Waals surface area (Å²) in [6.45, 7) is 0. The molecule has 0 aliphatic heterocycles. The predicted octanol–water partition coefficient (Wildman–Crippen LogP) is 5.43. The highest BCUT2D eigenvalue weighted by atomic mass is 14.4. The third kappa shape index (κ3) is 1.68. The fourth-order valence-electron chi connectivity index (χ4n) is 4.66. The Labute approximate surface area is 127 Å². The van der Waals surface area contributed by atoms with Crippen LogP contribution in [0, 0.1) is 5.92 Å². The van der Waals surface area contributed by atoms with Gasteiger partial charge in [0.2, 0.25) is 0 Å². The van der Waals surface area contributed by atoms with Gasteiger partial charge in [-0.1, -0.05) is 36.3 Å². The van der Waals surface area contributed by atoms with Crippen molar-refractivity contribution in [3.8, 4) is 0 Å². The molecule has 0 N–H and O–H groups in total. The first kappa shape index (κ1) is 12.0. The number of fused-ring (bicyclic) bond motifs is 7. The van der Waals surface area contributed by atoms with E-state index in [4.69, 9.17) is 0 Å². The summed E-state index contributed by atoms with van der Waals surface area (Å²) in [6.07, 6.45) is 17.9. The van der Waals surface area contributed by atoms with Crippen LogP contribution in [0.15, 0.2) is 35.4 Å². The van der Waals surface area contributed by atoms with E-state index in [-0.39, 0.29) is 0 Å². The van der Waals surface area contributed by atoms with Gasteiger partial charge in [-0.25, -0.2) is 0 Å². The zero-order valence-corrected chi connectivity index (χ0v) is 12.5. The van der Waals surface area contributed by atoms with Crippen LogP contribution < -0.4 is 0 Å². The first-order chi connectivity index (χ1) is 10.4. The second-order valence-corrected chi connectivity index (χ2v) is 6.89. The SMILES string of the molecule is C1=C2CCCC[C]2C2=Cc3c(ccc4c3CCCC4)C2=C1. The molecule has 0 heterocycles. The molecule has 1 aromatic rings. The fraction of sp³-hybridized carbons (Fsp3) is 0.381. The maximum Gasteiger partial charge on any atom is 0.0305 e. The van der Waals surface area contributed by atoms with E-state index in [0.29, 0.717) is 0 Å². The van der Waals surface area contributed by atoms with Crippen molar-refractivity contribution in [2.24, 2.45) is 0 Å². The number of hydrogen-bond donors (Lipinski definition) is 0. The molecule has 5 rings (SSSR count). The standard InChI is InChI=1S/C21H21/c1-3-7-16-14(5-1)9-11-18-19-12-10-15-6-2-4-8-17(15)21(19)13-20(16)18/h9-13H,1-8H2. The van der Waals surface area contributed by atoms with Crippen LogP contribution in [0.25, 0.3) is 11.6 Å². The van der Waals surface area contributed by atoms with E-state index in [0.717, 1.165) is 0 Å². The van der Waals surface area contributed by atoms with Gasteiger partial charge in [0.1, 0.15) is 0 Å². The van der Waals surface area contributed by atoms with Gasteiger partial charge in [-0.05, 0) is 84.4 Å². The molecule has 1 saturated carbocycles. The highest BCUT2D eigenvalue weighted by Crippen LogP contribution is 2.51. The van der Waals surface area contributed by atoms with Crippen LogP contribution in [0.3, 0.4) is 0 Å². The highest BCUT2D eigenvalue weighted by molar-refractivity contribution is 6.01. The maximum absolute atomic E-state index is 2.53. The predicted molar refractivity (Wildman–Crippen MR) is 88.8 cm³/mol. The van der Waals surface area contributed by atoms with E-state index in [1.165, 1.54) is 62.5 Å². The normalized spacial score (nSPS) is 23.3. The summed E-state index contributed by atoms with van der Waals surface area (Å²) < 4.78 is 0. The summed E-state index contributed by atoms with van der Waals surface area (Å²) in [4.78, 5) is 0. The molecule has 4 aliphatic rings. The minimum atomic E-state index is 1.28. The molecule has 0 amide bonds. The Morgan fingerprint density at radius 3 is 2.57 bits per heavy atom. The van der Waals surface area contributed by atoms with Crippen molar-refractivity contribution in [2.45, 2.75) is 51.4 Å². The molecule has 4 aliphatic carbocycles. The fourth-order valence-corrected chi connectivity index (χ4v) is 4.66. The zero-order valence-electron chi connectivity index (χ0n) is 12.5.